The summed E-state index contributed by atoms with van der Waals surface area (Å²) in [5.74, 6) is -0.579. The number of aryl methyl sites for hydroxylation is 1. The molecule has 98 valence electrons. The minimum atomic E-state index is -0.928. The highest BCUT2D eigenvalue weighted by Gasteiger charge is 2.38. The first-order chi connectivity index (χ1) is 8.59. The number of hydrogen-bond acceptors (Lipinski definition) is 4. The minimum absolute atomic E-state index is 0.0682. The molecule has 2 rings (SSSR count). The third kappa shape index (κ3) is 2.66. The SMILES string of the molecule is CC1SCC(C(=O)O)N1C(=O)CCn1ccnc1. The second kappa shape index (κ2) is 5.43. The van der Waals surface area contributed by atoms with Gasteiger partial charge in [-0.2, -0.15) is 0 Å². The van der Waals surface area contributed by atoms with Gasteiger partial charge in [-0.3, -0.25) is 4.79 Å². The lowest BCUT2D eigenvalue weighted by Gasteiger charge is -2.25. The second-order valence-electron chi connectivity index (χ2n) is 4.14. The number of thioether (sulfide) groups is 1. The van der Waals surface area contributed by atoms with Crippen LogP contribution in [0, 0.1) is 0 Å². The van der Waals surface area contributed by atoms with Gasteiger partial charge in [0.2, 0.25) is 5.91 Å². The van der Waals surface area contributed by atoms with Crippen molar-refractivity contribution in [2.75, 3.05) is 5.75 Å². The molecule has 0 spiro atoms. The van der Waals surface area contributed by atoms with Crippen molar-refractivity contribution in [2.45, 2.75) is 31.3 Å². The topological polar surface area (TPSA) is 75.4 Å². The molecule has 1 fully saturated rings. The molecule has 0 bridgehead atoms. The quantitative estimate of drug-likeness (QED) is 0.868. The van der Waals surface area contributed by atoms with E-state index in [1.165, 1.54) is 16.7 Å². The zero-order valence-electron chi connectivity index (χ0n) is 10.0. The van der Waals surface area contributed by atoms with Crippen LogP contribution in [0.1, 0.15) is 13.3 Å². The van der Waals surface area contributed by atoms with Crippen LogP contribution < -0.4 is 0 Å². The van der Waals surface area contributed by atoms with Crippen LogP contribution in [0.2, 0.25) is 0 Å². The van der Waals surface area contributed by atoms with Crippen molar-refractivity contribution in [2.24, 2.45) is 0 Å². The molecule has 1 amide bonds. The summed E-state index contributed by atoms with van der Waals surface area (Å²) < 4.78 is 1.81. The molecule has 1 aromatic heterocycles. The summed E-state index contributed by atoms with van der Waals surface area (Å²) >= 11 is 1.50. The summed E-state index contributed by atoms with van der Waals surface area (Å²) in [5, 5.41) is 9.01. The van der Waals surface area contributed by atoms with Crippen LogP contribution in [-0.4, -0.2) is 48.6 Å². The van der Waals surface area contributed by atoms with E-state index < -0.39 is 12.0 Å². The Morgan fingerprint density at radius 3 is 2.94 bits per heavy atom. The lowest BCUT2D eigenvalue weighted by Crippen LogP contribution is -2.45. The fraction of sp³-hybridized carbons (Fsp3) is 0.545. The van der Waals surface area contributed by atoms with E-state index in [1.54, 1.807) is 18.7 Å². The molecule has 2 heterocycles. The molecule has 2 atom stereocenters. The number of nitrogens with zero attached hydrogens (tertiary/aromatic N) is 3. The predicted molar refractivity (Wildman–Crippen MR) is 67.0 cm³/mol. The van der Waals surface area contributed by atoms with E-state index in [1.807, 2.05) is 11.5 Å². The fourth-order valence-corrected chi connectivity index (χ4v) is 3.17. The molecule has 1 aliphatic rings. The van der Waals surface area contributed by atoms with Crippen LogP contribution >= 0.6 is 11.8 Å². The minimum Gasteiger partial charge on any atom is -0.480 e. The van der Waals surface area contributed by atoms with Crippen molar-refractivity contribution >= 4 is 23.6 Å². The molecule has 1 N–H and O–H groups in total. The second-order valence-corrected chi connectivity index (χ2v) is 5.49. The lowest BCUT2D eigenvalue weighted by molar-refractivity contribution is -0.149. The Kier molecular flexibility index (Phi) is 3.90. The van der Waals surface area contributed by atoms with E-state index in [0.29, 0.717) is 18.7 Å². The van der Waals surface area contributed by atoms with Gasteiger partial charge >= 0.3 is 5.97 Å². The first-order valence-electron chi connectivity index (χ1n) is 5.71. The molecule has 0 aromatic carbocycles. The number of aliphatic carboxylic acids is 1. The zero-order valence-corrected chi connectivity index (χ0v) is 10.8. The molecule has 2 unspecified atom stereocenters. The number of amides is 1. The van der Waals surface area contributed by atoms with Gasteiger partial charge in [0.05, 0.1) is 11.7 Å². The van der Waals surface area contributed by atoms with Crippen molar-refractivity contribution in [3.05, 3.63) is 18.7 Å². The van der Waals surface area contributed by atoms with Crippen LogP contribution in [0.4, 0.5) is 0 Å². The Bertz CT molecular complexity index is 435. The Morgan fingerprint density at radius 2 is 2.33 bits per heavy atom. The average Bonchev–Trinajstić information content (AvgIpc) is 2.94. The van der Waals surface area contributed by atoms with Crippen molar-refractivity contribution in [3.8, 4) is 0 Å². The number of hydrogen-bond donors (Lipinski definition) is 1. The summed E-state index contributed by atoms with van der Waals surface area (Å²) in [5.41, 5.74) is 0. The third-order valence-corrected chi connectivity index (χ3v) is 4.16. The maximum Gasteiger partial charge on any atom is 0.327 e. The monoisotopic (exact) mass is 269 g/mol. The van der Waals surface area contributed by atoms with Gasteiger partial charge in [-0.05, 0) is 6.92 Å². The van der Waals surface area contributed by atoms with Gasteiger partial charge in [0.1, 0.15) is 6.04 Å². The van der Waals surface area contributed by atoms with E-state index in [0.717, 1.165) is 0 Å². The largest absolute Gasteiger partial charge is 0.480 e. The predicted octanol–water partition coefficient (Wildman–Crippen LogP) is 0.648. The summed E-state index contributed by atoms with van der Waals surface area (Å²) in [6, 6.07) is -0.694. The summed E-state index contributed by atoms with van der Waals surface area (Å²) in [4.78, 5) is 28.5. The number of aromatic nitrogens is 2. The van der Waals surface area contributed by atoms with Gasteiger partial charge in [-0.25, -0.2) is 9.78 Å². The number of carboxylic acids is 1. The van der Waals surface area contributed by atoms with Crippen molar-refractivity contribution in [1.82, 2.24) is 14.5 Å². The highest BCUT2D eigenvalue weighted by Crippen LogP contribution is 2.29. The Labute approximate surface area is 109 Å². The van der Waals surface area contributed by atoms with Crippen molar-refractivity contribution < 1.29 is 14.7 Å². The normalized spacial score (nSPS) is 23.3. The number of carbonyl (C=O) groups is 2. The molecule has 0 radical (unpaired) electrons. The molecule has 6 nitrogen and oxygen atoms in total. The molecular formula is C11H15N3O3S. The maximum atomic E-state index is 12.1. The van der Waals surface area contributed by atoms with E-state index in [4.69, 9.17) is 5.11 Å². The molecular weight excluding hydrogens is 254 g/mol. The smallest absolute Gasteiger partial charge is 0.327 e. The molecule has 1 aliphatic heterocycles. The summed E-state index contributed by atoms with van der Waals surface area (Å²) in [7, 11) is 0. The Morgan fingerprint density at radius 1 is 1.56 bits per heavy atom. The highest BCUT2D eigenvalue weighted by atomic mass is 32.2. The average molecular weight is 269 g/mol. The molecule has 7 heteroatoms. The fourth-order valence-electron chi connectivity index (χ4n) is 1.98. The van der Waals surface area contributed by atoms with E-state index in [9.17, 15) is 9.59 Å². The van der Waals surface area contributed by atoms with Gasteiger partial charge < -0.3 is 14.6 Å². The van der Waals surface area contributed by atoms with Crippen LogP contribution in [0.25, 0.3) is 0 Å². The summed E-state index contributed by atoms with van der Waals surface area (Å²) in [6.07, 6.45) is 5.37. The van der Waals surface area contributed by atoms with E-state index in [-0.39, 0.29) is 11.3 Å². The molecule has 18 heavy (non-hydrogen) atoms. The van der Waals surface area contributed by atoms with Gasteiger partial charge in [-0.1, -0.05) is 0 Å². The first-order valence-corrected chi connectivity index (χ1v) is 6.76. The van der Waals surface area contributed by atoms with Crippen LogP contribution in [0.15, 0.2) is 18.7 Å². The molecule has 1 saturated heterocycles. The van der Waals surface area contributed by atoms with Crippen molar-refractivity contribution in [3.63, 3.8) is 0 Å². The van der Waals surface area contributed by atoms with E-state index >= 15 is 0 Å². The van der Waals surface area contributed by atoms with Crippen molar-refractivity contribution in [1.29, 1.82) is 0 Å². The molecule has 1 aromatic rings. The van der Waals surface area contributed by atoms with Gasteiger partial charge in [0.15, 0.2) is 0 Å². The standard InChI is InChI=1S/C11H15N3O3S/c1-8-14(9(6-18-8)11(16)17)10(15)2-4-13-5-3-12-7-13/h3,5,7-9H,2,4,6H2,1H3,(H,16,17). The molecule has 0 aliphatic carbocycles. The number of imidazole rings is 1. The van der Waals surface area contributed by atoms with Crippen LogP contribution in [0.3, 0.4) is 0 Å². The van der Waals surface area contributed by atoms with Crippen LogP contribution in [-0.2, 0) is 16.1 Å². The van der Waals surface area contributed by atoms with Gasteiger partial charge in [-0.15, -0.1) is 11.8 Å². The third-order valence-electron chi connectivity index (χ3n) is 2.94. The molecule has 0 saturated carbocycles. The first kappa shape index (κ1) is 12.9. The Balaban J connectivity index is 1.96. The number of carbonyl (C=O) groups excluding carboxylic acids is 1. The van der Waals surface area contributed by atoms with Crippen LogP contribution in [0.5, 0.6) is 0 Å². The maximum absolute atomic E-state index is 12.1. The Hall–Kier alpha value is -1.50. The zero-order chi connectivity index (χ0) is 13.1. The highest BCUT2D eigenvalue weighted by molar-refractivity contribution is 8.00. The van der Waals surface area contributed by atoms with Gasteiger partial charge in [0.25, 0.3) is 0 Å². The number of carboxylic acid groups (broad SMARTS) is 1. The summed E-state index contributed by atoms with van der Waals surface area (Å²) in [6.45, 7) is 2.39. The number of rotatable bonds is 4. The van der Waals surface area contributed by atoms with Gasteiger partial charge in [0, 0.05) is 31.1 Å². The van der Waals surface area contributed by atoms with E-state index in [2.05, 4.69) is 4.98 Å². The lowest BCUT2D eigenvalue weighted by atomic mass is 10.2.